The van der Waals surface area contributed by atoms with E-state index in [-0.39, 0.29) is 22.6 Å². The van der Waals surface area contributed by atoms with Crippen LogP contribution in [0.3, 0.4) is 0 Å². The minimum Gasteiger partial charge on any atom is -0.392 e. The summed E-state index contributed by atoms with van der Waals surface area (Å²) in [6.07, 6.45) is -4.33. The normalized spacial score (nSPS) is 14.7. The van der Waals surface area contributed by atoms with Gasteiger partial charge in [0, 0.05) is 12.6 Å². The fourth-order valence-corrected chi connectivity index (χ4v) is 1.50. The Labute approximate surface area is 109 Å². The first kappa shape index (κ1) is 15.2. The number of rotatable bonds is 2. The van der Waals surface area contributed by atoms with Crippen LogP contribution < -0.4 is 0 Å². The van der Waals surface area contributed by atoms with Gasteiger partial charge in [-0.25, -0.2) is 0 Å². The number of pyridine rings is 1. The summed E-state index contributed by atoms with van der Waals surface area (Å²) in [7, 11) is 0. The van der Waals surface area contributed by atoms with E-state index < -0.39 is 17.8 Å². The van der Waals surface area contributed by atoms with Gasteiger partial charge in [0.05, 0.1) is 22.4 Å². The molecule has 1 unspecified atom stereocenters. The van der Waals surface area contributed by atoms with Crippen LogP contribution in [0, 0.1) is 5.41 Å². The van der Waals surface area contributed by atoms with Crippen molar-refractivity contribution in [2.75, 3.05) is 0 Å². The van der Waals surface area contributed by atoms with Gasteiger partial charge in [0.15, 0.2) is 0 Å². The van der Waals surface area contributed by atoms with Crippen LogP contribution >= 0.6 is 11.6 Å². The molecule has 0 aliphatic carbocycles. The minimum atomic E-state index is -4.46. The summed E-state index contributed by atoms with van der Waals surface area (Å²) in [4.78, 5) is 3.69. The molecule has 2 nitrogen and oxygen atoms in total. The lowest BCUT2D eigenvalue weighted by molar-refractivity contribution is -0.137. The quantitative estimate of drug-likeness (QED) is 0.896. The summed E-state index contributed by atoms with van der Waals surface area (Å²) in [6, 6.07) is 0.833. The third-order valence-corrected chi connectivity index (χ3v) is 2.96. The minimum absolute atomic E-state index is 0.0758. The molecule has 1 aromatic rings. The van der Waals surface area contributed by atoms with E-state index >= 15 is 0 Å². The Morgan fingerprint density at radius 1 is 1.33 bits per heavy atom. The molecule has 1 N–H and O–H groups in total. The molecule has 0 aliphatic rings. The lowest BCUT2D eigenvalue weighted by Crippen LogP contribution is -2.28. The van der Waals surface area contributed by atoms with Gasteiger partial charge in [0.25, 0.3) is 0 Å². The second-order valence-electron chi connectivity index (χ2n) is 5.24. The predicted molar refractivity (Wildman–Crippen MR) is 63.4 cm³/mol. The molecular formula is C12H15ClF3NO. The van der Waals surface area contributed by atoms with Crippen molar-refractivity contribution in [3.63, 3.8) is 0 Å². The van der Waals surface area contributed by atoms with Crippen LogP contribution in [-0.4, -0.2) is 16.2 Å². The van der Waals surface area contributed by atoms with Gasteiger partial charge in [-0.05, 0) is 11.5 Å². The highest BCUT2D eigenvalue weighted by Crippen LogP contribution is 2.32. The van der Waals surface area contributed by atoms with Gasteiger partial charge < -0.3 is 5.11 Å². The smallest absolute Gasteiger partial charge is 0.392 e. The van der Waals surface area contributed by atoms with Gasteiger partial charge in [0.1, 0.15) is 0 Å². The highest BCUT2D eigenvalue weighted by Gasteiger charge is 2.32. The largest absolute Gasteiger partial charge is 0.417 e. The number of aromatic nitrogens is 1. The average Bonchev–Trinajstić information content (AvgIpc) is 2.17. The SMILES string of the molecule is CC(C)(C)C(O)Cc1ncc(C(F)(F)F)cc1Cl. The molecule has 0 bridgehead atoms. The fourth-order valence-electron chi connectivity index (χ4n) is 1.26. The van der Waals surface area contributed by atoms with Crippen LogP contribution in [0.15, 0.2) is 12.3 Å². The Morgan fingerprint density at radius 2 is 1.89 bits per heavy atom. The molecule has 0 radical (unpaired) electrons. The number of hydrogen-bond donors (Lipinski definition) is 1. The van der Waals surface area contributed by atoms with Gasteiger partial charge in [-0.1, -0.05) is 32.4 Å². The maximum Gasteiger partial charge on any atom is 0.417 e. The molecule has 0 aromatic carbocycles. The zero-order chi connectivity index (χ0) is 14.1. The summed E-state index contributed by atoms with van der Waals surface area (Å²) in [6.45, 7) is 5.49. The zero-order valence-electron chi connectivity index (χ0n) is 10.3. The number of aliphatic hydroxyl groups excluding tert-OH is 1. The van der Waals surface area contributed by atoms with Crippen LogP contribution in [0.1, 0.15) is 32.0 Å². The van der Waals surface area contributed by atoms with E-state index in [1.165, 1.54) is 0 Å². The van der Waals surface area contributed by atoms with E-state index in [9.17, 15) is 18.3 Å². The van der Waals surface area contributed by atoms with Crippen LogP contribution in [0.25, 0.3) is 0 Å². The second-order valence-corrected chi connectivity index (χ2v) is 5.64. The Morgan fingerprint density at radius 3 is 2.28 bits per heavy atom. The van der Waals surface area contributed by atoms with E-state index in [4.69, 9.17) is 11.6 Å². The molecule has 0 amide bonds. The van der Waals surface area contributed by atoms with Crippen LogP contribution in [0.4, 0.5) is 13.2 Å². The summed E-state index contributed by atoms with van der Waals surface area (Å²) in [5.41, 5.74) is -0.998. The number of nitrogens with zero attached hydrogens (tertiary/aromatic N) is 1. The van der Waals surface area contributed by atoms with Crippen molar-refractivity contribution < 1.29 is 18.3 Å². The third-order valence-electron chi connectivity index (χ3n) is 2.63. The highest BCUT2D eigenvalue weighted by molar-refractivity contribution is 6.31. The molecule has 6 heteroatoms. The van der Waals surface area contributed by atoms with Crippen LogP contribution in [0.2, 0.25) is 5.02 Å². The summed E-state index contributed by atoms with van der Waals surface area (Å²) in [5, 5.41) is 9.80. The van der Waals surface area contributed by atoms with Crippen molar-refractivity contribution in [2.24, 2.45) is 5.41 Å². The zero-order valence-corrected chi connectivity index (χ0v) is 11.1. The molecule has 0 saturated heterocycles. The van der Waals surface area contributed by atoms with Crippen molar-refractivity contribution >= 4 is 11.6 Å². The van der Waals surface area contributed by atoms with Gasteiger partial charge in [0.2, 0.25) is 0 Å². The predicted octanol–water partition coefficient (Wildman–Crippen LogP) is 3.70. The Kier molecular flexibility index (Phi) is 4.28. The summed E-state index contributed by atoms with van der Waals surface area (Å²) < 4.78 is 37.2. The molecule has 1 heterocycles. The van der Waals surface area contributed by atoms with Crippen molar-refractivity contribution in [3.05, 3.63) is 28.5 Å². The molecule has 0 fully saturated rings. The molecule has 1 rings (SSSR count). The average molecular weight is 282 g/mol. The number of aliphatic hydroxyl groups is 1. The monoisotopic (exact) mass is 281 g/mol. The lowest BCUT2D eigenvalue weighted by Gasteiger charge is -2.25. The lowest BCUT2D eigenvalue weighted by atomic mass is 9.86. The number of alkyl halides is 3. The van der Waals surface area contributed by atoms with Crippen molar-refractivity contribution in [3.8, 4) is 0 Å². The van der Waals surface area contributed by atoms with E-state index in [0.717, 1.165) is 12.3 Å². The first-order valence-electron chi connectivity index (χ1n) is 5.41. The van der Waals surface area contributed by atoms with Gasteiger partial charge in [-0.15, -0.1) is 0 Å². The van der Waals surface area contributed by atoms with E-state index in [1.807, 2.05) is 20.8 Å². The Hall–Kier alpha value is -0.810. The molecule has 0 spiro atoms. The van der Waals surface area contributed by atoms with Crippen molar-refractivity contribution in [1.29, 1.82) is 0 Å². The third kappa shape index (κ3) is 3.85. The molecule has 1 atom stereocenters. The molecule has 0 aliphatic heterocycles. The maximum atomic E-state index is 12.4. The summed E-state index contributed by atoms with van der Waals surface area (Å²) in [5.74, 6) is 0. The first-order chi connectivity index (χ1) is 8.01. The van der Waals surface area contributed by atoms with E-state index in [2.05, 4.69) is 4.98 Å². The Bertz CT molecular complexity index is 426. The topological polar surface area (TPSA) is 33.1 Å². The van der Waals surface area contributed by atoms with Gasteiger partial charge >= 0.3 is 6.18 Å². The van der Waals surface area contributed by atoms with E-state index in [0.29, 0.717) is 0 Å². The molecule has 18 heavy (non-hydrogen) atoms. The van der Waals surface area contributed by atoms with Crippen LogP contribution in [0.5, 0.6) is 0 Å². The molecular weight excluding hydrogens is 267 g/mol. The van der Waals surface area contributed by atoms with Crippen LogP contribution in [-0.2, 0) is 12.6 Å². The maximum absolute atomic E-state index is 12.4. The standard InChI is InChI=1S/C12H15ClF3NO/c1-11(2,3)10(18)5-9-8(13)4-7(6-17-9)12(14,15)16/h4,6,10,18H,5H2,1-3H3. The van der Waals surface area contributed by atoms with Crippen molar-refractivity contribution in [2.45, 2.75) is 39.5 Å². The van der Waals surface area contributed by atoms with Crippen molar-refractivity contribution in [1.82, 2.24) is 4.98 Å². The first-order valence-corrected chi connectivity index (χ1v) is 5.79. The fraction of sp³-hybridized carbons (Fsp3) is 0.583. The van der Waals surface area contributed by atoms with E-state index in [1.54, 1.807) is 0 Å². The second kappa shape index (κ2) is 5.05. The number of hydrogen-bond acceptors (Lipinski definition) is 2. The molecule has 1 aromatic heterocycles. The number of halogens is 4. The Balaban J connectivity index is 2.94. The van der Waals surface area contributed by atoms with Gasteiger partial charge in [-0.2, -0.15) is 13.2 Å². The molecule has 0 saturated carbocycles. The summed E-state index contributed by atoms with van der Waals surface area (Å²) >= 11 is 5.76. The molecule has 102 valence electrons. The van der Waals surface area contributed by atoms with Gasteiger partial charge in [-0.3, -0.25) is 4.98 Å². The highest BCUT2D eigenvalue weighted by atomic mass is 35.5.